The van der Waals surface area contributed by atoms with Crippen LogP contribution in [0, 0.1) is 0 Å². The maximum Gasteiger partial charge on any atom is 0.326 e. The summed E-state index contributed by atoms with van der Waals surface area (Å²) in [5.74, 6) is -1.47. The molecule has 3 N–H and O–H groups in total. The molecule has 0 aliphatic rings. The van der Waals surface area contributed by atoms with Crippen LogP contribution in [0.4, 0.5) is 5.69 Å². The second-order valence-corrected chi connectivity index (χ2v) is 4.58. The van der Waals surface area contributed by atoms with Gasteiger partial charge in [-0.15, -0.1) is 0 Å². The molecular formula is C11H13BrN2O3. The second-order valence-electron chi connectivity index (χ2n) is 3.66. The summed E-state index contributed by atoms with van der Waals surface area (Å²) in [7, 11) is 1.43. The molecule has 17 heavy (non-hydrogen) atoms. The van der Waals surface area contributed by atoms with E-state index >= 15 is 0 Å². The van der Waals surface area contributed by atoms with Crippen LogP contribution in [0.5, 0.6) is 0 Å². The zero-order valence-corrected chi connectivity index (χ0v) is 11.1. The van der Waals surface area contributed by atoms with Crippen molar-refractivity contribution in [2.24, 2.45) is 0 Å². The highest BCUT2D eigenvalue weighted by molar-refractivity contribution is 9.10. The van der Waals surface area contributed by atoms with Gasteiger partial charge in [-0.05, 0) is 25.1 Å². The van der Waals surface area contributed by atoms with Gasteiger partial charge in [0.05, 0.1) is 5.56 Å². The SMILES string of the molecule is CC(C(=O)O)N(C)C(=O)c1ccc(Br)cc1N. The van der Waals surface area contributed by atoms with Gasteiger partial charge in [0.2, 0.25) is 0 Å². The number of halogens is 1. The number of anilines is 1. The number of nitrogens with two attached hydrogens (primary N) is 1. The number of rotatable bonds is 3. The Hall–Kier alpha value is -1.56. The maximum atomic E-state index is 12.0. The molecule has 5 nitrogen and oxygen atoms in total. The molecule has 0 saturated carbocycles. The van der Waals surface area contributed by atoms with Crippen LogP contribution in [0.15, 0.2) is 22.7 Å². The predicted octanol–water partition coefficient (Wildman–Crippen LogP) is 1.58. The Morgan fingerprint density at radius 2 is 2.06 bits per heavy atom. The summed E-state index contributed by atoms with van der Waals surface area (Å²) in [5.41, 5.74) is 6.32. The lowest BCUT2D eigenvalue weighted by molar-refractivity contribution is -0.141. The number of carboxylic acid groups (broad SMARTS) is 1. The van der Waals surface area contributed by atoms with Crippen molar-refractivity contribution in [3.8, 4) is 0 Å². The minimum absolute atomic E-state index is 0.295. The lowest BCUT2D eigenvalue weighted by atomic mass is 10.1. The van der Waals surface area contributed by atoms with E-state index in [2.05, 4.69) is 15.9 Å². The van der Waals surface area contributed by atoms with Gasteiger partial charge in [-0.1, -0.05) is 15.9 Å². The first-order valence-corrected chi connectivity index (χ1v) is 5.69. The number of amides is 1. The number of hydrogen-bond acceptors (Lipinski definition) is 3. The van der Waals surface area contributed by atoms with E-state index in [9.17, 15) is 9.59 Å². The number of likely N-dealkylation sites (N-methyl/N-ethyl adjacent to an activating group) is 1. The number of aliphatic carboxylic acids is 1. The topological polar surface area (TPSA) is 83.6 Å². The predicted molar refractivity (Wildman–Crippen MR) is 67.7 cm³/mol. The van der Waals surface area contributed by atoms with Gasteiger partial charge in [-0.25, -0.2) is 4.79 Å². The normalized spacial score (nSPS) is 11.9. The summed E-state index contributed by atoms with van der Waals surface area (Å²) in [4.78, 5) is 23.9. The van der Waals surface area contributed by atoms with Crippen LogP contribution in [0.2, 0.25) is 0 Å². The van der Waals surface area contributed by atoms with E-state index in [1.807, 2.05) is 0 Å². The van der Waals surface area contributed by atoms with E-state index in [0.29, 0.717) is 11.3 Å². The highest BCUT2D eigenvalue weighted by atomic mass is 79.9. The Labute approximate surface area is 107 Å². The van der Waals surface area contributed by atoms with Gasteiger partial charge in [-0.2, -0.15) is 0 Å². The molecule has 0 fully saturated rings. The average molecular weight is 301 g/mol. The van der Waals surface area contributed by atoms with Gasteiger partial charge >= 0.3 is 5.97 Å². The molecule has 1 aromatic rings. The minimum Gasteiger partial charge on any atom is -0.480 e. The Morgan fingerprint density at radius 3 is 2.53 bits per heavy atom. The second kappa shape index (κ2) is 5.18. The molecule has 0 saturated heterocycles. The fourth-order valence-corrected chi connectivity index (χ4v) is 1.64. The molecule has 6 heteroatoms. The largest absolute Gasteiger partial charge is 0.480 e. The van der Waals surface area contributed by atoms with Gasteiger partial charge < -0.3 is 15.7 Å². The van der Waals surface area contributed by atoms with E-state index in [4.69, 9.17) is 10.8 Å². The fourth-order valence-electron chi connectivity index (χ4n) is 1.26. The molecule has 0 spiro atoms. The van der Waals surface area contributed by atoms with Crippen molar-refractivity contribution in [3.63, 3.8) is 0 Å². The summed E-state index contributed by atoms with van der Waals surface area (Å²) >= 11 is 3.24. The summed E-state index contributed by atoms with van der Waals surface area (Å²) < 4.78 is 0.764. The molecule has 92 valence electrons. The Balaban J connectivity index is 3.00. The van der Waals surface area contributed by atoms with Gasteiger partial charge in [0.25, 0.3) is 5.91 Å². The number of carboxylic acids is 1. The molecule has 0 aliphatic heterocycles. The minimum atomic E-state index is -1.06. The van der Waals surface area contributed by atoms with E-state index in [1.54, 1.807) is 18.2 Å². The zero-order valence-electron chi connectivity index (χ0n) is 9.48. The number of hydrogen-bond donors (Lipinski definition) is 2. The summed E-state index contributed by atoms with van der Waals surface area (Å²) in [5, 5.41) is 8.83. The highest BCUT2D eigenvalue weighted by Crippen LogP contribution is 2.20. The smallest absolute Gasteiger partial charge is 0.326 e. The van der Waals surface area contributed by atoms with E-state index in [1.165, 1.54) is 14.0 Å². The molecule has 1 aromatic carbocycles. The van der Waals surface area contributed by atoms with E-state index in [-0.39, 0.29) is 0 Å². The first-order chi connectivity index (χ1) is 7.84. The Bertz CT molecular complexity index is 462. The molecule has 1 rings (SSSR count). The van der Waals surface area contributed by atoms with Gasteiger partial charge in [0.1, 0.15) is 6.04 Å². The van der Waals surface area contributed by atoms with Gasteiger partial charge in [0.15, 0.2) is 0 Å². The van der Waals surface area contributed by atoms with E-state index in [0.717, 1.165) is 9.37 Å². The Kier molecular flexibility index (Phi) is 4.11. The van der Waals surface area contributed by atoms with Crippen LogP contribution in [0.25, 0.3) is 0 Å². The third kappa shape index (κ3) is 2.97. The van der Waals surface area contributed by atoms with Crippen LogP contribution in [0.1, 0.15) is 17.3 Å². The molecule has 0 aliphatic carbocycles. The lowest BCUT2D eigenvalue weighted by Gasteiger charge is -2.22. The number of benzene rings is 1. The first-order valence-electron chi connectivity index (χ1n) is 4.89. The first kappa shape index (κ1) is 13.5. The molecule has 1 unspecified atom stereocenters. The monoisotopic (exact) mass is 300 g/mol. The van der Waals surface area contributed by atoms with Crippen LogP contribution in [0.3, 0.4) is 0 Å². The van der Waals surface area contributed by atoms with Crippen LogP contribution < -0.4 is 5.73 Å². The van der Waals surface area contributed by atoms with Gasteiger partial charge in [-0.3, -0.25) is 4.79 Å². The summed E-state index contributed by atoms with van der Waals surface area (Å²) in [6, 6.07) is 3.95. The van der Waals surface area contributed by atoms with Crippen molar-refractivity contribution in [2.75, 3.05) is 12.8 Å². The van der Waals surface area contributed by atoms with Crippen molar-refractivity contribution in [3.05, 3.63) is 28.2 Å². The summed E-state index contributed by atoms with van der Waals surface area (Å²) in [6.45, 7) is 1.44. The van der Waals surface area contributed by atoms with Crippen molar-refractivity contribution in [1.82, 2.24) is 4.90 Å². The third-order valence-electron chi connectivity index (χ3n) is 2.50. The standard InChI is InChI=1S/C11H13BrN2O3/c1-6(11(16)17)14(2)10(15)8-4-3-7(12)5-9(8)13/h3-6H,13H2,1-2H3,(H,16,17). The number of carbonyl (C=O) groups is 2. The average Bonchev–Trinajstić information content (AvgIpc) is 2.26. The fraction of sp³-hybridized carbons (Fsp3) is 0.273. The number of carbonyl (C=O) groups excluding carboxylic acids is 1. The van der Waals surface area contributed by atoms with E-state index < -0.39 is 17.9 Å². The van der Waals surface area contributed by atoms with Gasteiger partial charge in [0, 0.05) is 17.2 Å². The molecule has 1 atom stereocenters. The molecule has 1 amide bonds. The van der Waals surface area contributed by atoms with Crippen molar-refractivity contribution in [2.45, 2.75) is 13.0 Å². The molecule has 0 radical (unpaired) electrons. The third-order valence-corrected chi connectivity index (χ3v) is 3.00. The van der Waals surface area contributed by atoms with Crippen LogP contribution in [-0.4, -0.2) is 35.0 Å². The molecular weight excluding hydrogens is 288 g/mol. The number of nitrogen functional groups attached to an aromatic ring is 1. The molecule has 0 aromatic heterocycles. The van der Waals surface area contributed by atoms with Crippen molar-refractivity contribution >= 4 is 33.5 Å². The molecule has 0 bridgehead atoms. The van der Waals surface area contributed by atoms with Crippen molar-refractivity contribution in [1.29, 1.82) is 0 Å². The molecule has 0 heterocycles. The van der Waals surface area contributed by atoms with Crippen LogP contribution in [-0.2, 0) is 4.79 Å². The van der Waals surface area contributed by atoms with Crippen molar-refractivity contribution < 1.29 is 14.7 Å². The van der Waals surface area contributed by atoms with Crippen LogP contribution >= 0.6 is 15.9 Å². The Morgan fingerprint density at radius 1 is 1.47 bits per heavy atom. The zero-order chi connectivity index (χ0) is 13.2. The summed E-state index contributed by atoms with van der Waals surface area (Å²) in [6.07, 6.45) is 0. The maximum absolute atomic E-state index is 12.0. The highest BCUT2D eigenvalue weighted by Gasteiger charge is 2.23. The lowest BCUT2D eigenvalue weighted by Crippen LogP contribution is -2.40. The quantitative estimate of drug-likeness (QED) is 0.830. The number of nitrogens with zero attached hydrogens (tertiary/aromatic N) is 1.